The fraction of sp³-hybridized carbons (Fsp3) is 0.0698. The molecule has 0 unspecified atom stereocenters. The van der Waals surface area contributed by atoms with Crippen molar-refractivity contribution in [1.82, 2.24) is 5.32 Å². The van der Waals surface area contributed by atoms with Gasteiger partial charge in [-0.2, -0.15) is 0 Å². The van der Waals surface area contributed by atoms with Crippen LogP contribution in [0.25, 0.3) is 0 Å². The molecule has 0 aliphatic heterocycles. The molecule has 0 bridgehead atoms. The molecule has 3 nitrogen and oxygen atoms in total. The molecule has 0 atom stereocenters. The first-order valence-electron chi connectivity index (χ1n) is 16.0. The van der Waals surface area contributed by atoms with Gasteiger partial charge in [-0.3, -0.25) is 0 Å². The number of hydrogen-bond donors (Lipinski definition) is 1. The molecule has 0 radical (unpaired) electrons. The van der Waals surface area contributed by atoms with Crippen molar-refractivity contribution in [2.24, 2.45) is 0 Å². The van der Waals surface area contributed by atoms with Crippen molar-refractivity contribution in [3.8, 4) is 0 Å². The van der Waals surface area contributed by atoms with Crippen molar-refractivity contribution in [1.29, 1.82) is 0 Å². The first kappa shape index (κ1) is 28.9. The number of nitrogens with one attached hydrogen (secondary N) is 1. The highest BCUT2D eigenvalue weighted by molar-refractivity contribution is 5.77. The minimum absolute atomic E-state index is 0.0131. The van der Waals surface area contributed by atoms with Crippen molar-refractivity contribution in [3.63, 3.8) is 0 Å². The van der Waals surface area contributed by atoms with Gasteiger partial charge in [0.05, 0.1) is 6.04 Å². The molecule has 46 heavy (non-hydrogen) atoms. The van der Waals surface area contributed by atoms with E-state index in [9.17, 15) is 0 Å². The maximum absolute atomic E-state index is 3.86. The molecule has 0 amide bonds. The van der Waals surface area contributed by atoms with E-state index in [1.807, 2.05) is 0 Å². The summed E-state index contributed by atoms with van der Waals surface area (Å²) in [5.74, 6) is 0. The lowest BCUT2D eigenvalue weighted by molar-refractivity contribution is 0.697. The molecule has 0 saturated carbocycles. The third-order valence-electron chi connectivity index (χ3n) is 8.33. The third-order valence-corrected chi connectivity index (χ3v) is 8.33. The minimum Gasteiger partial charge on any atom is -0.374 e. The van der Waals surface area contributed by atoms with Crippen LogP contribution >= 0.6 is 0 Å². The van der Waals surface area contributed by atoms with Gasteiger partial charge < -0.3 is 15.1 Å². The quantitative estimate of drug-likeness (QED) is 0.170. The van der Waals surface area contributed by atoms with Gasteiger partial charge in [0.2, 0.25) is 0 Å². The van der Waals surface area contributed by atoms with Crippen molar-refractivity contribution in [3.05, 3.63) is 205 Å². The number of allylic oxidation sites excluding steroid dienone is 3. The summed E-state index contributed by atoms with van der Waals surface area (Å²) in [4.78, 5) is 4.60. The largest absolute Gasteiger partial charge is 0.374 e. The SMILES string of the molecule is C1=CC(NC(c2ccc(N(c3ccccc3)c3ccccc3)cc2)c2ccc(N(c3ccccc3)c3ccccc3)cc2)=CCC1. The van der Waals surface area contributed by atoms with E-state index in [4.69, 9.17) is 0 Å². The highest BCUT2D eigenvalue weighted by Gasteiger charge is 2.19. The van der Waals surface area contributed by atoms with Crippen molar-refractivity contribution in [2.75, 3.05) is 9.80 Å². The summed E-state index contributed by atoms with van der Waals surface area (Å²) in [5, 5.41) is 3.86. The van der Waals surface area contributed by atoms with Crippen LogP contribution in [-0.2, 0) is 0 Å². The molecule has 3 heteroatoms. The Hall–Kier alpha value is -5.80. The Morgan fingerprint density at radius 3 is 1.07 bits per heavy atom. The second-order valence-corrected chi connectivity index (χ2v) is 11.4. The van der Waals surface area contributed by atoms with Gasteiger partial charge in [-0.1, -0.05) is 109 Å². The van der Waals surface area contributed by atoms with Crippen LogP contribution in [-0.4, -0.2) is 0 Å². The van der Waals surface area contributed by atoms with Crippen LogP contribution in [0.4, 0.5) is 34.1 Å². The molecule has 6 aromatic carbocycles. The van der Waals surface area contributed by atoms with Crippen LogP contribution in [0, 0.1) is 0 Å². The van der Waals surface area contributed by atoms with Gasteiger partial charge in [0.1, 0.15) is 0 Å². The van der Waals surface area contributed by atoms with Crippen molar-refractivity contribution in [2.45, 2.75) is 18.9 Å². The molecule has 1 aliphatic carbocycles. The lowest BCUT2D eigenvalue weighted by atomic mass is 9.96. The predicted octanol–water partition coefficient (Wildman–Crippen LogP) is 11.5. The molecule has 1 N–H and O–H groups in total. The monoisotopic (exact) mass is 595 g/mol. The molecule has 224 valence electrons. The van der Waals surface area contributed by atoms with E-state index < -0.39 is 0 Å². The number of benzene rings is 6. The molecule has 6 aromatic rings. The Morgan fingerprint density at radius 1 is 0.391 bits per heavy atom. The van der Waals surface area contributed by atoms with Gasteiger partial charge in [0.25, 0.3) is 0 Å². The maximum Gasteiger partial charge on any atom is 0.0767 e. The van der Waals surface area contributed by atoms with Gasteiger partial charge in [-0.25, -0.2) is 0 Å². The molecule has 0 heterocycles. The lowest BCUT2D eigenvalue weighted by Crippen LogP contribution is -2.22. The average molecular weight is 596 g/mol. The summed E-state index contributed by atoms with van der Waals surface area (Å²) in [5.41, 5.74) is 10.3. The first-order chi connectivity index (χ1) is 22.8. The molecular formula is C43H37N3. The highest BCUT2D eigenvalue weighted by Crippen LogP contribution is 2.37. The normalized spacial score (nSPS) is 12.4. The topological polar surface area (TPSA) is 18.5 Å². The fourth-order valence-electron chi connectivity index (χ4n) is 6.08. The van der Waals surface area contributed by atoms with Gasteiger partial charge in [0.15, 0.2) is 0 Å². The Kier molecular flexibility index (Phi) is 8.73. The zero-order valence-corrected chi connectivity index (χ0v) is 25.8. The number of rotatable bonds is 10. The smallest absolute Gasteiger partial charge is 0.0767 e. The number of nitrogens with zero attached hydrogens (tertiary/aromatic N) is 2. The van der Waals surface area contributed by atoms with Gasteiger partial charge >= 0.3 is 0 Å². The molecule has 7 rings (SSSR count). The lowest BCUT2D eigenvalue weighted by Gasteiger charge is -2.28. The molecular weight excluding hydrogens is 558 g/mol. The fourth-order valence-corrected chi connectivity index (χ4v) is 6.08. The van der Waals surface area contributed by atoms with E-state index in [0.717, 1.165) is 52.7 Å². The van der Waals surface area contributed by atoms with Crippen LogP contribution in [0.2, 0.25) is 0 Å². The van der Waals surface area contributed by atoms with E-state index in [2.05, 4.69) is 203 Å². The van der Waals surface area contributed by atoms with Gasteiger partial charge in [-0.15, -0.1) is 0 Å². The molecule has 0 fully saturated rings. The number of hydrogen-bond acceptors (Lipinski definition) is 3. The summed E-state index contributed by atoms with van der Waals surface area (Å²) in [6.07, 6.45) is 8.90. The zero-order valence-electron chi connectivity index (χ0n) is 25.8. The molecule has 1 aliphatic rings. The highest BCUT2D eigenvalue weighted by atomic mass is 15.1. The van der Waals surface area contributed by atoms with Crippen molar-refractivity contribution >= 4 is 34.1 Å². The first-order valence-corrected chi connectivity index (χ1v) is 16.0. The van der Waals surface area contributed by atoms with Crippen LogP contribution in [0.15, 0.2) is 194 Å². The van der Waals surface area contributed by atoms with Crippen LogP contribution in [0.1, 0.15) is 30.0 Å². The Labute approximate surface area is 272 Å². The number of para-hydroxylation sites is 4. The Morgan fingerprint density at radius 2 is 0.739 bits per heavy atom. The Balaban J connectivity index is 1.24. The summed E-state index contributed by atoms with van der Waals surface area (Å²) >= 11 is 0. The van der Waals surface area contributed by atoms with Crippen molar-refractivity contribution < 1.29 is 0 Å². The maximum atomic E-state index is 3.86. The van der Waals surface area contributed by atoms with E-state index >= 15 is 0 Å². The summed E-state index contributed by atoms with van der Waals surface area (Å²) < 4.78 is 0. The zero-order chi connectivity index (χ0) is 31.0. The van der Waals surface area contributed by atoms with E-state index in [-0.39, 0.29) is 6.04 Å². The number of anilines is 6. The third kappa shape index (κ3) is 6.50. The van der Waals surface area contributed by atoms with E-state index in [1.54, 1.807) is 0 Å². The second kappa shape index (κ2) is 13.9. The summed E-state index contributed by atoms with van der Waals surface area (Å²) in [6, 6.07) is 60.1. The second-order valence-electron chi connectivity index (χ2n) is 11.4. The minimum atomic E-state index is -0.0131. The van der Waals surface area contributed by atoms with Crippen LogP contribution in [0.5, 0.6) is 0 Å². The summed E-state index contributed by atoms with van der Waals surface area (Å²) in [7, 11) is 0. The van der Waals surface area contributed by atoms with E-state index in [1.165, 1.54) is 11.1 Å². The average Bonchev–Trinajstić information content (AvgIpc) is 3.14. The van der Waals surface area contributed by atoms with Gasteiger partial charge in [0, 0.05) is 39.8 Å². The van der Waals surface area contributed by atoms with E-state index in [0.29, 0.717) is 0 Å². The van der Waals surface area contributed by atoms with Crippen LogP contribution in [0.3, 0.4) is 0 Å². The molecule has 0 spiro atoms. The standard InChI is InChI=1S/C43H37N3/c1-6-16-36(17-7-1)44-43(34-26-30-41(31-27-34)45(37-18-8-2-9-19-37)38-20-10-3-11-21-38)35-28-32-42(33-29-35)46(39-22-12-4-13-23-39)40-24-14-5-15-25-40/h2-6,8-33,43-44H,1,7H2. The molecule has 0 aromatic heterocycles. The Bertz CT molecular complexity index is 1680. The van der Waals surface area contributed by atoms with Crippen LogP contribution < -0.4 is 15.1 Å². The summed E-state index contributed by atoms with van der Waals surface area (Å²) in [6.45, 7) is 0. The molecule has 0 saturated heterocycles. The predicted molar refractivity (Wildman–Crippen MR) is 194 cm³/mol. The van der Waals surface area contributed by atoms with Gasteiger partial charge in [-0.05, 0) is 103 Å².